The van der Waals surface area contributed by atoms with Crippen LogP contribution >= 0.6 is 0 Å². The molecule has 0 aliphatic rings. The summed E-state index contributed by atoms with van der Waals surface area (Å²) >= 11 is 0. The summed E-state index contributed by atoms with van der Waals surface area (Å²) in [7, 11) is -3.88. The van der Waals surface area contributed by atoms with E-state index in [0.29, 0.717) is 19.8 Å². The summed E-state index contributed by atoms with van der Waals surface area (Å²) in [6, 6.07) is 0. The van der Waals surface area contributed by atoms with E-state index in [4.69, 9.17) is 14.0 Å². The van der Waals surface area contributed by atoms with Crippen molar-refractivity contribution in [3.63, 3.8) is 0 Å². The van der Waals surface area contributed by atoms with E-state index in [-0.39, 0.29) is 12.4 Å². The summed E-state index contributed by atoms with van der Waals surface area (Å²) < 4.78 is 38.4. The minimum Gasteiger partial charge on any atom is -0.379 e. The van der Waals surface area contributed by atoms with E-state index in [2.05, 4.69) is 0 Å². The second kappa shape index (κ2) is 6.36. The molecule has 0 aromatic heterocycles. The zero-order chi connectivity index (χ0) is 9.45. The van der Waals surface area contributed by atoms with Crippen LogP contribution < -0.4 is 0 Å². The Bertz CT molecular complexity index is 186. The topological polar surface area (TPSA) is 72.8 Å². The van der Waals surface area contributed by atoms with E-state index in [1.165, 1.54) is 0 Å². The molecule has 0 saturated carbocycles. The summed E-state index contributed by atoms with van der Waals surface area (Å²) in [5.41, 5.74) is 0. The largest absolute Gasteiger partial charge is 0.379 e. The van der Waals surface area contributed by atoms with Gasteiger partial charge in [0, 0.05) is 6.61 Å². The highest BCUT2D eigenvalue weighted by Crippen LogP contribution is 1.84. The van der Waals surface area contributed by atoms with Crippen molar-refractivity contribution < 1.29 is 22.4 Å². The average Bonchev–Trinajstić information content (AvgIpc) is 1.94. The van der Waals surface area contributed by atoms with Crippen molar-refractivity contribution in [1.29, 1.82) is 0 Å². The fourth-order valence-corrected chi connectivity index (χ4v) is 0.857. The van der Waals surface area contributed by atoms with Gasteiger partial charge in [-0.15, -0.1) is 0 Å². The van der Waals surface area contributed by atoms with Crippen molar-refractivity contribution in [3.05, 3.63) is 0 Å². The standard InChI is InChI=1S/C6H14O5S/c1-2-10-3-4-11-5-6-12(7,8)9/h2-6H2,1H3,(H,7,8,9). The minimum absolute atomic E-state index is 0.00586. The van der Waals surface area contributed by atoms with E-state index in [9.17, 15) is 8.42 Å². The summed E-state index contributed by atoms with van der Waals surface area (Å²) in [6.07, 6.45) is 0. The van der Waals surface area contributed by atoms with Crippen molar-refractivity contribution in [1.82, 2.24) is 0 Å². The lowest BCUT2D eigenvalue weighted by Gasteiger charge is -2.02. The first-order chi connectivity index (χ1) is 5.56. The molecule has 74 valence electrons. The molecule has 0 spiro atoms. The zero-order valence-electron chi connectivity index (χ0n) is 7.02. The van der Waals surface area contributed by atoms with Gasteiger partial charge in [0.15, 0.2) is 0 Å². The van der Waals surface area contributed by atoms with Crippen LogP contribution in [0.1, 0.15) is 6.92 Å². The number of hydrogen-bond donors (Lipinski definition) is 1. The van der Waals surface area contributed by atoms with Gasteiger partial charge in [-0.3, -0.25) is 4.55 Å². The summed E-state index contributed by atoms with van der Waals surface area (Å²) in [5.74, 6) is -0.362. The van der Waals surface area contributed by atoms with E-state index in [0.717, 1.165) is 0 Å². The van der Waals surface area contributed by atoms with Gasteiger partial charge < -0.3 is 9.47 Å². The van der Waals surface area contributed by atoms with Crippen LogP contribution in [-0.4, -0.2) is 45.2 Å². The van der Waals surface area contributed by atoms with Crippen molar-refractivity contribution in [3.8, 4) is 0 Å². The summed E-state index contributed by atoms with van der Waals surface area (Å²) in [6.45, 7) is 3.27. The highest BCUT2D eigenvalue weighted by Gasteiger charge is 2.02. The van der Waals surface area contributed by atoms with E-state index >= 15 is 0 Å². The van der Waals surface area contributed by atoms with Crippen LogP contribution in [0.25, 0.3) is 0 Å². The van der Waals surface area contributed by atoms with E-state index < -0.39 is 10.1 Å². The summed E-state index contributed by atoms with van der Waals surface area (Å²) in [4.78, 5) is 0. The average molecular weight is 198 g/mol. The van der Waals surface area contributed by atoms with Gasteiger partial charge in [0.2, 0.25) is 0 Å². The van der Waals surface area contributed by atoms with Crippen LogP contribution in [-0.2, 0) is 19.6 Å². The Hall–Kier alpha value is -0.170. The highest BCUT2D eigenvalue weighted by atomic mass is 32.2. The smallest absolute Gasteiger partial charge is 0.267 e. The SMILES string of the molecule is CCOCCOCCS(=O)(=O)O. The molecule has 0 aromatic rings. The van der Waals surface area contributed by atoms with Gasteiger partial charge in [-0.25, -0.2) is 0 Å². The molecule has 0 amide bonds. The lowest BCUT2D eigenvalue weighted by atomic mass is 10.7. The molecule has 0 atom stereocenters. The zero-order valence-corrected chi connectivity index (χ0v) is 7.84. The predicted molar refractivity (Wildman–Crippen MR) is 43.7 cm³/mol. The fraction of sp³-hybridized carbons (Fsp3) is 1.00. The van der Waals surface area contributed by atoms with Crippen molar-refractivity contribution in [2.75, 3.05) is 32.2 Å². The maximum Gasteiger partial charge on any atom is 0.267 e. The van der Waals surface area contributed by atoms with E-state index in [1.54, 1.807) is 0 Å². The predicted octanol–water partition coefficient (Wildman–Crippen LogP) is -0.0727. The molecule has 0 radical (unpaired) electrons. The monoisotopic (exact) mass is 198 g/mol. The molecule has 0 unspecified atom stereocenters. The van der Waals surface area contributed by atoms with Crippen molar-refractivity contribution in [2.45, 2.75) is 6.92 Å². The maximum absolute atomic E-state index is 10.2. The molecule has 0 saturated heterocycles. The third kappa shape index (κ3) is 9.83. The number of hydrogen-bond acceptors (Lipinski definition) is 4. The molecular formula is C6H14O5S. The lowest BCUT2D eigenvalue weighted by Crippen LogP contribution is -2.13. The number of ether oxygens (including phenoxy) is 2. The Kier molecular flexibility index (Phi) is 6.27. The Balaban J connectivity index is 3.12. The first-order valence-electron chi connectivity index (χ1n) is 3.67. The Morgan fingerprint density at radius 3 is 2.25 bits per heavy atom. The molecule has 0 rings (SSSR count). The molecule has 1 N–H and O–H groups in total. The van der Waals surface area contributed by atoms with Crippen LogP contribution in [0, 0.1) is 0 Å². The van der Waals surface area contributed by atoms with Gasteiger partial charge in [0.1, 0.15) is 0 Å². The molecule has 0 bridgehead atoms. The lowest BCUT2D eigenvalue weighted by molar-refractivity contribution is 0.0587. The van der Waals surface area contributed by atoms with Crippen molar-refractivity contribution in [2.24, 2.45) is 0 Å². The Labute approximate surface area is 72.4 Å². The molecule has 0 aromatic carbocycles. The molecule has 0 aliphatic carbocycles. The molecule has 12 heavy (non-hydrogen) atoms. The summed E-state index contributed by atoms with van der Waals surface area (Å²) in [5, 5.41) is 0. The third-order valence-corrected chi connectivity index (χ3v) is 1.74. The Morgan fingerprint density at radius 1 is 1.17 bits per heavy atom. The molecule has 0 fully saturated rings. The second-order valence-corrected chi connectivity index (χ2v) is 3.67. The third-order valence-electron chi connectivity index (χ3n) is 1.06. The molecule has 0 heterocycles. The highest BCUT2D eigenvalue weighted by molar-refractivity contribution is 7.85. The number of rotatable bonds is 7. The second-order valence-electron chi connectivity index (χ2n) is 2.10. The van der Waals surface area contributed by atoms with Gasteiger partial charge in [-0.05, 0) is 6.92 Å². The van der Waals surface area contributed by atoms with Gasteiger partial charge in [0.25, 0.3) is 10.1 Å². The van der Waals surface area contributed by atoms with Gasteiger partial charge in [-0.2, -0.15) is 8.42 Å². The van der Waals surface area contributed by atoms with Crippen LogP contribution in [0.15, 0.2) is 0 Å². The molecule has 5 nitrogen and oxygen atoms in total. The van der Waals surface area contributed by atoms with Crippen LogP contribution in [0.3, 0.4) is 0 Å². The molecule has 0 aliphatic heterocycles. The van der Waals surface area contributed by atoms with Gasteiger partial charge in [-0.1, -0.05) is 0 Å². The van der Waals surface area contributed by atoms with Crippen LogP contribution in [0.5, 0.6) is 0 Å². The van der Waals surface area contributed by atoms with Gasteiger partial charge >= 0.3 is 0 Å². The van der Waals surface area contributed by atoms with Gasteiger partial charge in [0.05, 0.1) is 25.6 Å². The quantitative estimate of drug-likeness (QED) is 0.458. The van der Waals surface area contributed by atoms with Crippen LogP contribution in [0.4, 0.5) is 0 Å². The molecular weight excluding hydrogens is 184 g/mol. The first-order valence-corrected chi connectivity index (χ1v) is 5.28. The van der Waals surface area contributed by atoms with Crippen LogP contribution in [0.2, 0.25) is 0 Å². The fourth-order valence-electron chi connectivity index (χ4n) is 0.528. The first kappa shape index (κ1) is 11.8. The normalized spacial score (nSPS) is 11.8. The van der Waals surface area contributed by atoms with Crippen molar-refractivity contribution >= 4 is 10.1 Å². The maximum atomic E-state index is 10.2. The Morgan fingerprint density at radius 2 is 1.75 bits per heavy atom. The minimum atomic E-state index is -3.88. The van der Waals surface area contributed by atoms with E-state index in [1.807, 2.05) is 6.92 Å². The molecule has 6 heteroatoms.